The number of benzene rings is 1. The molecular formula is C14H20BrN3OS. The molecule has 0 spiro atoms. The van der Waals surface area contributed by atoms with Gasteiger partial charge in [0.15, 0.2) is 0 Å². The Balaban J connectivity index is 2.42. The van der Waals surface area contributed by atoms with Gasteiger partial charge in [-0.1, -0.05) is 26.1 Å². The third-order valence-electron chi connectivity index (χ3n) is 2.63. The molecule has 0 atom stereocenters. The average molecular weight is 358 g/mol. The second-order valence-electron chi connectivity index (χ2n) is 4.93. The number of amides is 1. The molecule has 0 unspecified atom stereocenters. The molecule has 4 N–H and O–H groups in total. The van der Waals surface area contributed by atoms with Crippen LogP contribution >= 0.6 is 28.1 Å². The van der Waals surface area contributed by atoms with Crippen molar-refractivity contribution in [1.29, 1.82) is 0 Å². The molecule has 1 rings (SSSR count). The highest BCUT2D eigenvalue weighted by molar-refractivity contribution is 9.10. The summed E-state index contributed by atoms with van der Waals surface area (Å²) in [6.45, 7) is 5.43. The summed E-state index contributed by atoms with van der Waals surface area (Å²) >= 11 is 8.37. The standard InChI is InChI=1S/C14H20BrN3OS/c1-9(2)8-18-13(19)5-6-17-12-4-3-10(14(16)20)7-11(12)15/h3-4,7,9,17H,5-6,8H2,1-2H3,(H2,16,20)(H,18,19). The van der Waals surface area contributed by atoms with Gasteiger partial charge in [-0.25, -0.2) is 0 Å². The zero-order valence-electron chi connectivity index (χ0n) is 11.7. The van der Waals surface area contributed by atoms with Crippen molar-refractivity contribution in [3.8, 4) is 0 Å². The first-order valence-electron chi connectivity index (χ1n) is 6.50. The van der Waals surface area contributed by atoms with Crippen LogP contribution in [0.3, 0.4) is 0 Å². The van der Waals surface area contributed by atoms with E-state index in [0.29, 0.717) is 30.4 Å². The third kappa shape index (κ3) is 5.88. The summed E-state index contributed by atoms with van der Waals surface area (Å²) in [5, 5.41) is 6.09. The quantitative estimate of drug-likeness (QED) is 0.656. The van der Waals surface area contributed by atoms with Crippen LogP contribution in [0.5, 0.6) is 0 Å². The second kappa shape index (κ2) is 8.21. The van der Waals surface area contributed by atoms with Crippen molar-refractivity contribution < 1.29 is 4.79 Å². The molecule has 0 aliphatic rings. The molecule has 0 aromatic heterocycles. The van der Waals surface area contributed by atoms with Crippen LogP contribution in [0.1, 0.15) is 25.8 Å². The van der Waals surface area contributed by atoms with Crippen molar-refractivity contribution >= 4 is 44.7 Å². The molecule has 110 valence electrons. The Morgan fingerprint density at radius 1 is 1.45 bits per heavy atom. The monoisotopic (exact) mass is 357 g/mol. The number of nitrogens with one attached hydrogen (secondary N) is 2. The van der Waals surface area contributed by atoms with E-state index < -0.39 is 0 Å². The maximum absolute atomic E-state index is 11.6. The minimum absolute atomic E-state index is 0.0575. The molecule has 1 aromatic carbocycles. The predicted molar refractivity (Wildman–Crippen MR) is 91.0 cm³/mol. The molecule has 0 aliphatic carbocycles. The Kier molecular flexibility index (Phi) is 6.95. The fourth-order valence-electron chi connectivity index (χ4n) is 1.53. The average Bonchev–Trinajstić information content (AvgIpc) is 2.38. The number of rotatable bonds is 7. The normalized spacial score (nSPS) is 10.4. The molecule has 0 fully saturated rings. The Bertz CT molecular complexity index is 491. The van der Waals surface area contributed by atoms with E-state index in [9.17, 15) is 4.79 Å². The summed E-state index contributed by atoms with van der Waals surface area (Å²) in [5.41, 5.74) is 7.30. The zero-order valence-corrected chi connectivity index (χ0v) is 14.1. The molecule has 4 nitrogen and oxygen atoms in total. The Hall–Kier alpha value is -1.14. The first-order valence-corrected chi connectivity index (χ1v) is 7.70. The van der Waals surface area contributed by atoms with Crippen molar-refractivity contribution in [2.75, 3.05) is 18.4 Å². The molecule has 20 heavy (non-hydrogen) atoms. The highest BCUT2D eigenvalue weighted by Crippen LogP contribution is 2.23. The van der Waals surface area contributed by atoms with Crippen LogP contribution in [0.4, 0.5) is 5.69 Å². The lowest BCUT2D eigenvalue weighted by Crippen LogP contribution is -2.28. The smallest absolute Gasteiger partial charge is 0.221 e. The molecule has 0 heterocycles. The van der Waals surface area contributed by atoms with E-state index in [1.807, 2.05) is 18.2 Å². The number of hydrogen-bond donors (Lipinski definition) is 3. The van der Waals surface area contributed by atoms with Crippen molar-refractivity contribution in [1.82, 2.24) is 5.32 Å². The fourth-order valence-corrected chi connectivity index (χ4v) is 2.17. The number of anilines is 1. The number of carbonyl (C=O) groups is 1. The van der Waals surface area contributed by atoms with Gasteiger partial charge in [0, 0.05) is 35.2 Å². The van der Waals surface area contributed by atoms with Gasteiger partial charge in [-0.3, -0.25) is 4.79 Å². The van der Waals surface area contributed by atoms with E-state index in [0.717, 1.165) is 15.7 Å². The first kappa shape index (κ1) is 16.9. The topological polar surface area (TPSA) is 67.2 Å². The highest BCUT2D eigenvalue weighted by Gasteiger charge is 2.05. The molecular weight excluding hydrogens is 338 g/mol. The van der Waals surface area contributed by atoms with Gasteiger partial charge < -0.3 is 16.4 Å². The number of carbonyl (C=O) groups excluding carboxylic acids is 1. The van der Waals surface area contributed by atoms with Crippen molar-refractivity contribution in [2.24, 2.45) is 11.7 Å². The summed E-state index contributed by atoms with van der Waals surface area (Å²) in [6.07, 6.45) is 0.441. The van der Waals surface area contributed by atoms with Crippen molar-refractivity contribution in [3.63, 3.8) is 0 Å². The second-order valence-corrected chi connectivity index (χ2v) is 6.23. The van der Waals surface area contributed by atoms with Gasteiger partial charge in [0.05, 0.1) is 0 Å². The van der Waals surface area contributed by atoms with Gasteiger partial charge >= 0.3 is 0 Å². The molecule has 0 saturated heterocycles. The predicted octanol–water partition coefficient (Wildman–Crippen LogP) is 2.66. The van der Waals surface area contributed by atoms with E-state index in [1.54, 1.807) is 0 Å². The van der Waals surface area contributed by atoms with Crippen molar-refractivity contribution in [2.45, 2.75) is 20.3 Å². The summed E-state index contributed by atoms with van der Waals surface area (Å²) in [7, 11) is 0. The lowest BCUT2D eigenvalue weighted by Gasteiger charge is -2.11. The Morgan fingerprint density at radius 2 is 2.15 bits per heavy atom. The van der Waals surface area contributed by atoms with E-state index >= 15 is 0 Å². The van der Waals surface area contributed by atoms with Gasteiger partial charge in [0.1, 0.15) is 4.99 Å². The number of hydrogen-bond acceptors (Lipinski definition) is 3. The maximum atomic E-state index is 11.6. The van der Waals surface area contributed by atoms with Gasteiger partial charge in [-0.2, -0.15) is 0 Å². The Morgan fingerprint density at radius 3 is 2.70 bits per heavy atom. The van der Waals surface area contributed by atoms with Gasteiger partial charge in [-0.05, 0) is 40.0 Å². The largest absolute Gasteiger partial charge is 0.389 e. The number of nitrogens with two attached hydrogens (primary N) is 1. The van der Waals surface area contributed by atoms with E-state index in [1.165, 1.54) is 0 Å². The van der Waals surface area contributed by atoms with Crippen LogP contribution in [-0.4, -0.2) is 24.0 Å². The van der Waals surface area contributed by atoms with E-state index in [-0.39, 0.29) is 5.91 Å². The van der Waals surface area contributed by atoms with E-state index in [2.05, 4.69) is 40.4 Å². The lowest BCUT2D eigenvalue weighted by molar-refractivity contribution is -0.120. The summed E-state index contributed by atoms with van der Waals surface area (Å²) < 4.78 is 0.880. The van der Waals surface area contributed by atoms with Gasteiger partial charge in [-0.15, -0.1) is 0 Å². The molecule has 0 radical (unpaired) electrons. The SMILES string of the molecule is CC(C)CNC(=O)CCNc1ccc(C(N)=S)cc1Br. The van der Waals surface area contributed by atoms with Crippen LogP contribution in [0.15, 0.2) is 22.7 Å². The molecule has 0 saturated carbocycles. The number of halogens is 1. The molecule has 0 bridgehead atoms. The maximum Gasteiger partial charge on any atom is 0.221 e. The molecule has 1 amide bonds. The van der Waals surface area contributed by atoms with E-state index in [4.69, 9.17) is 18.0 Å². The minimum atomic E-state index is 0.0575. The number of thiocarbonyl (C=S) groups is 1. The first-order chi connectivity index (χ1) is 9.40. The lowest BCUT2D eigenvalue weighted by atomic mass is 10.2. The summed E-state index contributed by atoms with van der Waals surface area (Å²) in [5.74, 6) is 0.524. The summed E-state index contributed by atoms with van der Waals surface area (Å²) in [4.78, 5) is 11.9. The third-order valence-corrected chi connectivity index (χ3v) is 3.52. The highest BCUT2D eigenvalue weighted by atomic mass is 79.9. The zero-order chi connectivity index (χ0) is 15.1. The van der Waals surface area contributed by atoms with Crippen LogP contribution in [0.2, 0.25) is 0 Å². The Labute approximate surface area is 133 Å². The minimum Gasteiger partial charge on any atom is -0.389 e. The molecule has 6 heteroatoms. The molecule has 1 aromatic rings. The van der Waals surface area contributed by atoms with Crippen LogP contribution in [0, 0.1) is 5.92 Å². The van der Waals surface area contributed by atoms with Crippen LogP contribution in [-0.2, 0) is 4.79 Å². The molecule has 0 aliphatic heterocycles. The van der Waals surface area contributed by atoms with Crippen molar-refractivity contribution in [3.05, 3.63) is 28.2 Å². The van der Waals surface area contributed by atoms with Gasteiger partial charge in [0.25, 0.3) is 0 Å². The summed E-state index contributed by atoms with van der Waals surface area (Å²) in [6, 6.07) is 5.61. The van der Waals surface area contributed by atoms with Gasteiger partial charge in [0.2, 0.25) is 5.91 Å². The van der Waals surface area contributed by atoms with Crippen LogP contribution < -0.4 is 16.4 Å². The van der Waals surface area contributed by atoms with Crippen LogP contribution in [0.25, 0.3) is 0 Å². The fraction of sp³-hybridized carbons (Fsp3) is 0.429.